The Labute approximate surface area is 121 Å². The number of aliphatic hydroxyl groups is 1. The molecular formula is C16H14O5. The van der Waals surface area contributed by atoms with Crippen molar-refractivity contribution in [2.45, 2.75) is 12.0 Å². The summed E-state index contributed by atoms with van der Waals surface area (Å²) in [6.07, 6.45) is -1.17. The van der Waals surface area contributed by atoms with Gasteiger partial charge in [0.1, 0.15) is 5.92 Å². The molecular weight excluding hydrogens is 272 g/mol. The molecule has 0 amide bonds. The summed E-state index contributed by atoms with van der Waals surface area (Å²) < 4.78 is 10.5. The Morgan fingerprint density at radius 1 is 1.00 bits per heavy atom. The van der Waals surface area contributed by atoms with Crippen molar-refractivity contribution in [1.82, 2.24) is 0 Å². The summed E-state index contributed by atoms with van der Waals surface area (Å²) >= 11 is 0. The first-order valence-corrected chi connectivity index (χ1v) is 6.52. The van der Waals surface area contributed by atoms with Gasteiger partial charge in [0.2, 0.25) is 6.79 Å². The highest BCUT2D eigenvalue weighted by molar-refractivity contribution is 5.77. The van der Waals surface area contributed by atoms with Gasteiger partial charge in [-0.15, -0.1) is 0 Å². The highest BCUT2D eigenvalue weighted by Crippen LogP contribution is 2.38. The minimum Gasteiger partial charge on any atom is -0.481 e. The third-order valence-electron chi connectivity index (χ3n) is 3.48. The number of fused-ring (bicyclic) bond motifs is 1. The van der Waals surface area contributed by atoms with Gasteiger partial charge in [-0.1, -0.05) is 36.4 Å². The lowest BCUT2D eigenvalue weighted by atomic mass is 9.89. The molecule has 1 aliphatic rings. The van der Waals surface area contributed by atoms with Gasteiger partial charge >= 0.3 is 5.97 Å². The number of benzene rings is 2. The van der Waals surface area contributed by atoms with Crippen LogP contribution in [0.3, 0.4) is 0 Å². The lowest BCUT2D eigenvalue weighted by Crippen LogP contribution is -2.20. The molecule has 5 nitrogen and oxygen atoms in total. The fourth-order valence-corrected chi connectivity index (χ4v) is 2.41. The van der Waals surface area contributed by atoms with Crippen molar-refractivity contribution < 1.29 is 24.5 Å². The summed E-state index contributed by atoms with van der Waals surface area (Å²) in [5.41, 5.74) is 1.03. The molecule has 5 heteroatoms. The predicted octanol–water partition coefficient (Wildman–Crippen LogP) is 2.32. The van der Waals surface area contributed by atoms with E-state index in [1.54, 1.807) is 48.5 Å². The average molecular weight is 286 g/mol. The van der Waals surface area contributed by atoms with Crippen molar-refractivity contribution in [3.8, 4) is 11.5 Å². The summed E-state index contributed by atoms with van der Waals surface area (Å²) in [4.78, 5) is 11.5. The number of ether oxygens (including phenoxy) is 2. The van der Waals surface area contributed by atoms with Crippen LogP contribution in [0.25, 0.3) is 0 Å². The van der Waals surface area contributed by atoms with Gasteiger partial charge in [-0.25, -0.2) is 0 Å². The second-order valence-corrected chi connectivity index (χ2v) is 4.78. The third kappa shape index (κ3) is 2.55. The minimum absolute atomic E-state index is 0.135. The van der Waals surface area contributed by atoms with Crippen LogP contribution in [0.2, 0.25) is 0 Å². The molecule has 1 aliphatic heterocycles. The van der Waals surface area contributed by atoms with Gasteiger partial charge in [0.25, 0.3) is 0 Å². The van der Waals surface area contributed by atoms with E-state index >= 15 is 0 Å². The van der Waals surface area contributed by atoms with E-state index in [1.165, 1.54) is 0 Å². The summed E-state index contributed by atoms with van der Waals surface area (Å²) in [5, 5.41) is 19.9. The van der Waals surface area contributed by atoms with Gasteiger partial charge in [-0.3, -0.25) is 4.79 Å². The van der Waals surface area contributed by atoms with E-state index in [-0.39, 0.29) is 6.79 Å². The third-order valence-corrected chi connectivity index (χ3v) is 3.48. The molecule has 0 radical (unpaired) electrons. The van der Waals surface area contributed by atoms with Gasteiger partial charge in [0, 0.05) is 0 Å². The molecule has 2 aromatic rings. The van der Waals surface area contributed by atoms with E-state index in [2.05, 4.69) is 0 Å². The van der Waals surface area contributed by atoms with Crippen molar-refractivity contribution in [1.29, 1.82) is 0 Å². The number of aliphatic hydroxyl groups excluding tert-OH is 1. The number of aliphatic carboxylic acids is 1. The fraction of sp³-hybridized carbons (Fsp3) is 0.188. The molecule has 0 spiro atoms. The van der Waals surface area contributed by atoms with Gasteiger partial charge < -0.3 is 19.7 Å². The van der Waals surface area contributed by atoms with Crippen LogP contribution in [0, 0.1) is 0 Å². The number of rotatable bonds is 4. The van der Waals surface area contributed by atoms with Crippen LogP contribution in [0.1, 0.15) is 23.1 Å². The minimum atomic E-state index is -1.17. The zero-order valence-corrected chi connectivity index (χ0v) is 11.1. The smallest absolute Gasteiger partial charge is 0.314 e. The van der Waals surface area contributed by atoms with E-state index in [0.29, 0.717) is 22.6 Å². The Morgan fingerprint density at radius 3 is 2.43 bits per heavy atom. The van der Waals surface area contributed by atoms with Crippen molar-refractivity contribution in [3.05, 3.63) is 59.7 Å². The molecule has 0 unspecified atom stereocenters. The van der Waals surface area contributed by atoms with Crippen molar-refractivity contribution >= 4 is 5.97 Å². The van der Waals surface area contributed by atoms with Crippen LogP contribution in [0.5, 0.6) is 11.5 Å². The fourth-order valence-electron chi connectivity index (χ4n) is 2.41. The Kier molecular flexibility index (Phi) is 3.50. The van der Waals surface area contributed by atoms with Gasteiger partial charge in [-0.2, -0.15) is 0 Å². The largest absolute Gasteiger partial charge is 0.481 e. The second kappa shape index (κ2) is 5.46. The van der Waals surface area contributed by atoms with E-state index in [0.717, 1.165) is 0 Å². The Balaban J connectivity index is 1.95. The molecule has 0 bridgehead atoms. The molecule has 0 aromatic heterocycles. The quantitative estimate of drug-likeness (QED) is 0.902. The van der Waals surface area contributed by atoms with Crippen molar-refractivity contribution in [2.24, 2.45) is 0 Å². The summed E-state index contributed by atoms with van der Waals surface area (Å²) in [6.45, 7) is 0.135. The highest BCUT2D eigenvalue weighted by atomic mass is 16.7. The predicted molar refractivity (Wildman–Crippen MR) is 74.3 cm³/mol. The first-order chi connectivity index (χ1) is 10.2. The summed E-state index contributed by atoms with van der Waals surface area (Å²) in [5.74, 6) is -1.00. The number of carboxylic acids is 1. The summed E-state index contributed by atoms with van der Waals surface area (Å²) in [7, 11) is 0. The molecule has 0 aliphatic carbocycles. The molecule has 21 heavy (non-hydrogen) atoms. The molecule has 2 N–H and O–H groups in total. The van der Waals surface area contributed by atoms with Gasteiger partial charge in [-0.05, 0) is 23.3 Å². The first kappa shape index (κ1) is 13.5. The van der Waals surface area contributed by atoms with Crippen LogP contribution in [0.15, 0.2) is 48.5 Å². The second-order valence-electron chi connectivity index (χ2n) is 4.78. The topological polar surface area (TPSA) is 76.0 Å². The molecule has 2 atom stereocenters. The van der Waals surface area contributed by atoms with E-state index in [9.17, 15) is 15.0 Å². The Hall–Kier alpha value is -2.53. The maximum atomic E-state index is 11.5. The molecule has 3 rings (SSSR count). The summed E-state index contributed by atoms with van der Waals surface area (Å²) in [6, 6.07) is 13.6. The highest BCUT2D eigenvalue weighted by Gasteiger charge is 2.30. The first-order valence-electron chi connectivity index (χ1n) is 6.52. The van der Waals surface area contributed by atoms with Crippen LogP contribution < -0.4 is 9.47 Å². The zero-order chi connectivity index (χ0) is 14.8. The van der Waals surface area contributed by atoms with E-state index in [4.69, 9.17) is 9.47 Å². The molecule has 1 heterocycles. The van der Waals surface area contributed by atoms with Gasteiger partial charge in [0.05, 0.1) is 6.10 Å². The van der Waals surface area contributed by atoms with Crippen LogP contribution in [0.4, 0.5) is 0 Å². The molecule has 0 saturated carbocycles. The molecule has 0 saturated heterocycles. The molecule has 2 aromatic carbocycles. The SMILES string of the molecule is O=C(O)[C@@H](c1ccccc1)[C@@H](O)c1ccc2c(c1)OCO2. The Morgan fingerprint density at radius 2 is 1.71 bits per heavy atom. The standard InChI is InChI=1S/C16H14O5/c17-15(11-6-7-12-13(8-11)21-9-20-12)14(16(18)19)10-4-2-1-3-5-10/h1-8,14-15,17H,9H2,(H,18,19)/t14-,15-/m0/s1. The van der Waals surface area contributed by atoms with E-state index in [1.807, 2.05) is 0 Å². The van der Waals surface area contributed by atoms with Crippen LogP contribution >= 0.6 is 0 Å². The van der Waals surface area contributed by atoms with Crippen molar-refractivity contribution in [3.63, 3.8) is 0 Å². The van der Waals surface area contributed by atoms with Crippen molar-refractivity contribution in [2.75, 3.05) is 6.79 Å². The number of carboxylic acid groups (broad SMARTS) is 1. The van der Waals surface area contributed by atoms with Crippen LogP contribution in [-0.4, -0.2) is 23.0 Å². The monoisotopic (exact) mass is 286 g/mol. The maximum absolute atomic E-state index is 11.5. The molecule has 108 valence electrons. The zero-order valence-electron chi connectivity index (χ0n) is 11.1. The maximum Gasteiger partial charge on any atom is 0.314 e. The Bertz CT molecular complexity index is 653. The normalized spacial score (nSPS) is 15.5. The van der Waals surface area contributed by atoms with Crippen LogP contribution in [-0.2, 0) is 4.79 Å². The lowest BCUT2D eigenvalue weighted by molar-refractivity contribution is -0.141. The number of hydrogen-bond acceptors (Lipinski definition) is 4. The van der Waals surface area contributed by atoms with Gasteiger partial charge in [0.15, 0.2) is 11.5 Å². The van der Waals surface area contributed by atoms with E-state index < -0.39 is 18.0 Å². The number of carbonyl (C=O) groups is 1. The lowest BCUT2D eigenvalue weighted by Gasteiger charge is -2.20. The number of hydrogen-bond donors (Lipinski definition) is 2. The average Bonchev–Trinajstić information content (AvgIpc) is 2.95. The molecule has 0 fully saturated rings.